The molecule has 0 radical (unpaired) electrons. The van der Waals surface area contributed by atoms with E-state index in [2.05, 4.69) is 5.32 Å². The molecule has 7 nitrogen and oxygen atoms in total. The molecule has 36 heavy (non-hydrogen) atoms. The van der Waals surface area contributed by atoms with Gasteiger partial charge in [-0.25, -0.2) is 8.42 Å². The molecule has 1 N–H and O–H groups in total. The Morgan fingerprint density at radius 2 is 1.72 bits per heavy atom. The van der Waals surface area contributed by atoms with Crippen LogP contribution in [0, 0.1) is 0 Å². The number of fused-ring (bicyclic) bond motifs is 1. The van der Waals surface area contributed by atoms with E-state index in [4.69, 9.17) is 11.6 Å². The van der Waals surface area contributed by atoms with Crippen LogP contribution in [0.2, 0.25) is 5.02 Å². The first kappa shape index (κ1) is 26.0. The van der Waals surface area contributed by atoms with Crippen molar-refractivity contribution in [3.63, 3.8) is 0 Å². The summed E-state index contributed by atoms with van der Waals surface area (Å²) in [5.74, 6) is -2.19. The molecule has 192 valence electrons. The van der Waals surface area contributed by atoms with E-state index < -0.39 is 33.2 Å². The second-order valence-corrected chi connectivity index (χ2v) is 10.9. The Labute approximate surface area is 210 Å². The smallest absolute Gasteiger partial charge is 0.341 e. The third-order valence-corrected chi connectivity index (χ3v) is 7.96. The van der Waals surface area contributed by atoms with Gasteiger partial charge in [-0.15, -0.1) is 0 Å². The van der Waals surface area contributed by atoms with Gasteiger partial charge in [0.2, 0.25) is 11.8 Å². The highest BCUT2D eigenvalue weighted by atomic mass is 35.5. The normalized spacial score (nSPS) is 14.7. The molecular weight excluding hydrogens is 519 g/mol. The second kappa shape index (κ2) is 10.1. The number of benzene rings is 2. The summed E-state index contributed by atoms with van der Waals surface area (Å²) < 4.78 is 66.9. The van der Waals surface area contributed by atoms with E-state index in [0.29, 0.717) is 30.1 Å². The molecule has 1 aromatic heterocycles. The first-order valence-corrected chi connectivity index (χ1v) is 13.2. The summed E-state index contributed by atoms with van der Waals surface area (Å²) in [5.41, 5.74) is -0.865. The summed E-state index contributed by atoms with van der Waals surface area (Å²) in [6.07, 6.45) is -0.437. The van der Waals surface area contributed by atoms with Crippen LogP contribution in [-0.4, -0.2) is 48.5 Å². The van der Waals surface area contributed by atoms with Gasteiger partial charge in [-0.05, 0) is 43.5 Å². The van der Waals surface area contributed by atoms with E-state index >= 15 is 0 Å². The zero-order valence-electron chi connectivity index (χ0n) is 19.0. The zero-order chi connectivity index (χ0) is 26.1. The molecule has 0 unspecified atom stereocenters. The van der Waals surface area contributed by atoms with E-state index in [-0.39, 0.29) is 28.1 Å². The van der Waals surface area contributed by atoms with Gasteiger partial charge in [-0.3, -0.25) is 9.59 Å². The molecule has 0 spiro atoms. The molecule has 1 aliphatic rings. The number of hydrogen-bond donors (Lipinski definition) is 1. The fourth-order valence-corrected chi connectivity index (χ4v) is 5.75. The number of halogens is 4. The lowest BCUT2D eigenvalue weighted by Gasteiger charge is -2.27. The Morgan fingerprint density at radius 1 is 1.03 bits per heavy atom. The predicted molar refractivity (Wildman–Crippen MR) is 130 cm³/mol. The molecule has 1 aliphatic heterocycles. The van der Waals surface area contributed by atoms with Crippen LogP contribution in [0.4, 0.5) is 18.9 Å². The number of carbonyl (C=O) groups excluding carboxylic acids is 2. The van der Waals surface area contributed by atoms with Crippen LogP contribution in [-0.2, 0) is 32.1 Å². The number of piperidine rings is 1. The summed E-state index contributed by atoms with van der Waals surface area (Å²) in [6.45, 7) is 1.25. The average molecular weight is 542 g/mol. The molecule has 12 heteroatoms. The van der Waals surface area contributed by atoms with Crippen molar-refractivity contribution in [2.75, 3.05) is 24.2 Å². The van der Waals surface area contributed by atoms with Crippen molar-refractivity contribution in [1.29, 1.82) is 0 Å². The molecule has 1 fully saturated rings. The zero-order valence-corrected chi connectivity index (χ0v) is 20.6. The number of aromatic nitrogens is 1. The number of amides is 2. The average Bonchev–Trinajstić information content (AvgIpc) is 3.19. The Bertz CT molecular complexity index is 1410. The number of sulfone groups is 1. The van der Waals surface area contributed by atoms with Crippen molar-refractivity contribution < 1.29 is 31.2 Å². The minimum Gasteiger partial charge on any atom is -0.341 e. The number of alkyl halides is 3. The monoisotopic (exact) mass is 541 g/mol. The largest absolute Gasteiger partial charge is 0.416 e. The lowest BCUT2D eigenvalue weighted by atomic mass is 10.1. The fourth-order valence-electron chi connectivity index (χ4n) is 4.21. The van der Waals surface area contributed by atoms with Crippen molar-refractivity contribution in [1.82, 2.24) is 9.47 Å². The first-order valence-electron chi connectivity index (χ1n) is 11.2. The maximum Gasteiger partial charge on any atom is 0.416 e. The van der Waals surface area contributed by atoms with E-state index in [9.17, 15) is 31.2 Å². The molecule has 0 bridgehead atoms. The summed E-state index contributed by atoms with van der Waals surface area (Å²) in [7, 11) is -4.22. The Morgan fingerprint density at radius 3 is 2.42 bits per heavy atom. The molecule has 1 saturated heterocycles. The van der Waals surface area contributed by atoms with Crippen molar-refractivity contribution in [2.45, 2.75) is 36.9 Å². The summed E-state index contributed by atoms with van der Waals surface area (Å²) in [5, 5.41) is 2.34. The van der Waals surface area contributed by atoms with Crippen molar-refractivity contribution in [3.05, 3.63) is 59.2 Å². The van der Waals surface area contributed by atoms with Gasteiger partial charge in [0.25, 0.3) is 0 Å². The SMILES string of the molecule is O=C(CS(=O)(=O)c1cn(CC(=O)N2CCCCC2)c2ccccc12)Nc1cc(C(F)(F)F)ccc1Cl. The Hall–Kier alpha value is -3.05. The molecule has 3 aromatic rings. The summed E-state index contributed by atoms with van der Waals surface area (Å²) in [4.78, 5) is 26.9. The van der Waals surface area contributed by atoms with E-state index in [1.807, 2.05) is 0 Å². The predicted octanol–water partition coefficient (Wildman–Crippen LogP) is 4.74. The number of hydrogen-bond acceptors (Lipinski definition) is 4. The van der Waals surface area contributed by atoms with Crippen LogP contribution < -0.4 is 5.32 Å². The van der Waals surface area contributed by atoms with E-state index in [0.717, 1.165) is 31.4 Å². The molecular formula is C24H23ClF3N3O4S. The fraction of sp³-hybridized carbons (Fsp3) is 0.333. The van der Waals surface area contributed by atoms with Crippen molar-refractivity contribution >= 4 is 49.8 Å². The highest BCUT2D eigenvalue weighted by molar-refractivity contribution is 7.92. The van der Waals surface area contributed by atoms with Crippen LogP contribution in [0.15, 0.2) is 53.6 Å². The van der Waals surface area contributed by atoms with Gasteiger partial charge in [0, 0.05) is 30.2 Å². The maximum absolute atomic E-state index is 13.2. The van der Waals surface area contributed by atoms with Crippen LogP contribution >= 0.6 is 11.6 Å². The minimum atomic E-state index is -4.66. The second-order valence-electron chi connectivity index (χ2n) is 8.58. The molecule has 0 atom stereocenters. The molecule has 2 aromatic carbocycles. The number of likely N-dealkylation sites (tertiary alicyclic amines) is 1. The first-order chi connectivity index (χ1) is 17.0. The van der Waals surface area contributed by atoms with E-state index in [1.54, 1.807) is 33.7 Å². The van der Waals surface area contributed by atoms with Crippen LogP contribution in [0.3, 0.4) is 0 Å². The Balaban J connectivity index is 1.57. The topological polar surface area (TPSA) is 88.5 Å². The number of carbonyl (C=O) groups is 2. The molecule has 0 saturated carbocycles. The number of para-hydroxylation sites is 1. The van der Waals surface area contributed by atoms with Crippen molar-refractivity contribution in [3.8, 4) is 0 Å². The number of anilines is 1. The molecule has 4 rings (SSSR count). The quantitative estimate of drug-likeness (QED) is 0.488. The maximum atomic E-state index is 13.2. The lowest BCUT2D eigenvalue weighted by molar-refractivity contribution is -0.137. The van der Waals surface area contributed by atoms with Crippen LogP contribution in [0.25, 0.3) is 10.9 Å². The van der Waals surface area contributed by atoms with E-state index in [1.165, 1.54) is 6.20 Å². The van der Waals surface area contributed by atoms with Crippen LogP contribution in [0.1, 0.15) is 24.8 Å². The molecule has 2 amide bonds. The number of nitrogens with one attached hydrogen (secondary N) is 1. The third-order valence-electron chi connectivity index (χ3n) is 5.99. The molecule has 2 heterocycles. The van der Waals surface area contributed by atoms with Gasteiger partial charge < -0.3 is 14.8 Å². The van der Waals surface area contributed by atoms with Crippen molar-refractivity contribution in [2.24, 2.45) is 0 Å². The third kappa shape index (κ3) is 5.67. The Kier molecular flexibility index (Phi) is 7.33. The minimum absolute atomic E-state index is 0.0535. The number of nitrogens with zero attached hydrogens (tertiary/aromatic N) is 2. The van der Waals surface area contributed by atoms with Gasteiger partial charge in [0.1, 0.15) is 12.3 Å². The van der Waals surface area contributed by atoms with Gasteiger partial charge in [-0.1, -0.05) is 29.8 Å². The highest BCUT2D eigenvalue weighted by Gasteiger charge is 2.31. The lowest BCUT2D eigenvalue weighted by Crippen LogP contribution is -2.37. The number of rotatable bonds is 6. The summed E-state index contributed by atoms with van der Waals surface area (Å²) >= 11 is 5.90. The van der Waals surface area contributed by atoms with Crippen LogP contribution in [0.5, 0.6) is 0 Å². The van der Waals surface area contributed by atoms with Gasteiger partial charge in [0.05, 0.1) is 21.2 Å². The van der Waals surface area contributed by atoms with Gasteiger partial charge in [0.15, 0.2) is 9.84 Å². The highest BCUT2D eigenvalue weighted by Crippen LogP contribution is 2.34. The van der Waals surface area contributed by atoms with Gasteiger partial charge in [-0.2, -0.15) is 13.2 Å². The summed E-state index contributed by atoms with van der Waals surface area (Å²) in [6, 6.07) is 8.98. The van der Waals surface area contributed by atoms with Gasteiger partial charge >= 0.3 is 6.18 Å². The standard InChI is InChI=1S/C24H23ClF3N3O4S/c25-18-9-8-16(24(26,27)28)12-19(18)29-22(32)15-36(34,35)21-13-31(20-7-3-2-6-17(20)21)14-23(33)30-10-4-1-5-11-30/h2-3,6-9,12-13H,1,4-5,10-11,14-15H2,(H,29,32). The molecule has 0 aliphatic carbocycles.